The lowest BCUT2D eigenvalue weighted by Crippen LogP contribution is -2.54. The predicted molar refractivity (Wildman–Crippen MR) is 90.1 cm³/mol. The number of ether oxygens (including phenoxy) is 1. The molecule has 0 aliphatic carbocycles. The Morgan fingerprint density at radius 3 is 2.48 bits per heavy atom. The van der Waals surface area contributed by atoms with E-state index < -0.39 is 24.5 Å². The minimum Gasteiger partial charge on any atom is -0.480 e. The standard InChI is InChI=1S/C17H23N3O5/c1-19(12-15(21)22)16(23)14(11-13-5-3-2-4-6-13)18-17(24)20-7-9-25-10-8-20/h2-6,14H,7-12H2,1H3,(H,18,24)(H,21,22)/t14-/m0/s1. The summed E-state index contributed by atoms with van der Waals surface area (Å²) in [6.07, 6.45) is 0.291. The van der Waals surface area contributed by atoms with E-state index in [4.69, 9.17) is 9.84 Å². The van der Waals surface area contributed by atoms with Gasteiger partial charge in [-0.05, 0) is 5.56 Å². The molecular weight excluding hydrogens is 326 g/mol. The van der Waals surface area contributed by atoms with Gasteiger partial charge in [0.25, 0.3) is 0 Å². The second kappa shape index (κ2) is 9.03. The Bertz CT molecular complexity index is 602. The first-order valence-electron chi connectivity index (χ1n) is 8.11. The molecule has 1 atom stereocenters. The molecule has 0 bridgehead atoms. The number of carboxylic acids is 1. The van der Waals surface area contributed by atoms with Gasteiger partial charge in [-0.15, -0.1) is 0 Å². The molecule has 0 spiro atoms. The molecule has 1 aliphatic rings. The van der Waals surface area contributed by atoms with Crippen LogP contribution in [0.15, 0.2) is 30.3 Å². The Hall–Kier alpha value is -2.61. The third-order valence-corrected chi connectivity index (χ3v) is 3.93. The first kappa shape index (κ1) is 18.7. The normalized spacial score (nSPS) is 15.3. The van der Waals surface area contributed by atoms with E-state index in [1.807, 2.05) is 30.3 Å². The Kier molecular flexibility index (Phi) is 6.76. The number of hydrogen-bond donors (Lipinski definition) is 2. The zero-order chi connectivity index (χ0) is 18.2. The summed E-state index contributed by atoms with van der Waals surface area (Å²) in [6.45, 7) is 1.43. The molecule has 1 heterocycles. The van der Waals surface area contributed by atoms with Crippen molar-refractivity contribution >= 4 is 17.9 Å². The highest BCUT2D eigenvalue weighted by atomic mass is 16.5. The zero-order valence-electron chi connectivity index (χ0n) is 14.2. The van der Waals surface area contributed by atoms with Crippen molar-refractivity contribution in [1.82, 2.24) is 15.1 Å². The number of carbonyl (C=O) groups is 3. The van der Waals surface area contributed by atoms with Crippen LogP contribution in [-0.4, -0.2) is 78.8 Å². The molecule has 136 valence electrons. The number of rotatable bonds is 6. The lowest BCUT2D eigenvalue weighted by atomic mass is 10.0. The van der Waals surface area contributed by atoms with Crippen LogP contribution in [-0.2, 0) is 20.7 Å². The van der Waals surface area contributed by atoms with Gasteiger partial charge < -0.3 is 25.0 Å². The Morgan fingerprint density at radius 2 is 1.88 bits per heavy atom. The first-order chi connectivity index (χ1) is 12.0. The van der Waals surface area contributed by atoms with Crippen LogP contribution in [0.25, 0.3) is 0 Å². The number of morpholine rings is 1. The molecule has 0 saturated carbocycles. The lowest BCUT2D eigenvalue weighted by Gasteiger charge is -2.30. The molecule has 0 radical (unpaired) electrons. The fourth-order valence-corrected chi connectivity index (χ4v) is 2.60. The summed E-state index contributed by atoms with van der Waals surface area (Å²) in [5.74, 6) is -1.54. The van der Waals surface area contributed by atoms with Gasteiger partial charge in [-0.1, -0.05) is 30.3 Å². The van der Waals surface area contributed by atoms with Crippen LogP contribution in [0, 0.1) is 0 Å². The maximum atomic E-state index is 12.6. The van der Waals surface area contributed by atoms with E-state index in [-0.39, 0.29) is 6.03 Å². The summed E-state index contributed by atoms with van der Waals surface area (Å²) in [5.41, 5.74) is 0.881. The van der Waals surface area contributed by atoms with Gasteiger partial charge in [-0.25, -0.2) is 4.79 Å². The summed E-state index contributed by atoms with van der Waals surface area (Å²) < 4.78 is 5.22. The molecule has 8 nitrogen and oxygen atoms in total. The second-order valence-corrected chi connectivity index (χ2v) is 5.88. The zero-order valence-corrected chi connectivity index (χ0v) is 14.2. The van der Waals surface area contributed by atoms with Crippen molar-refractivity contribution in [3.05, 3.63) is 35.9 Å². The number of likely N-dealkylation sites (N-methyl/N-ethyl adjacent to an activating group) is 1. The van der Waals surface area contributed by atoms with Crippen LogP contribution in [0.1, 0.15) is 5.56 Å². The quantitative estimate of drug-likeness (QED) is 0.763. The Morgan fingerprint density at radius 1 is 1.24 bits per heavy atom. The molecule has 1 aliphatic heterocycles. The van der Waals surface area contributed by atoms with Crippen LogP contribution in [0.3, 0.4) is 0 Å². The third-order valence-electron chi connectivity index (χ3n) is 3.93. The number of nitrogens with one attached hydrogen (secondary N) is 1. The number of urea groups is 1. The molecule has 1 saturated heterocycles. The van der Waals surface area contributed by atoms with E-state index in [0.717, 1.165) is 10.5 Å². The average molecular weight is 349 g/mol. The molecule has 25 heavy (non-hydrogen) atoms. The van der Waals surface area contributed by atoms with E-state index in [1.54, 1.807) is 4.90 Å². The van der Waals surface area contributed by atoms with E-state index >= 15 is 0 Å². The SMILES string of the molecule is CN(CC(=O)O)C(=O)[C@H](Cc1ccccc1)NC(=O)N1CCOCC1. The van der Waals surface area contributed by atoms with Crippen molar-refractivity contribution in [3.63, 3.8) is 0 Å². The van der Waals surface area contributed by atoms with Crippen molar-refractivity contribution in [1.29, 1.82) is 0 Å². The van der Waals surface area contributed by atoms with Crippen molar-refractivity contribution in [2.45, 2.75) is 12.5 Å². The van der Waals surface area contributed by atoms with Crippen molar-refractivity contribution in [2.75, 3.05) is 39.9 Å². The summed E-state index contributed by atoms with van der Waals surface area (Å²) in [5, 5.41) is 11.6. The second-order valence-electron chi connectivity index (χ2n) is 5.88. The van der Waals surface area contributed by atoms with Crippen LogP contribution >= 0.6 is 0 Å². The third kappa shape index (κ3) is 5.75. The van der Waals surface area contributed by atoms with Gasteiger partial charge in [0, 0.05) is 26.6 Å². The Labute approximate surface area is 146 Å². The summed E-state index contributed by atoms with van der Waals surface area (Å²) in [6, 6.07) is 8.10. The molecule has 2 N–H and O–H groups in total. The number of carbonyl (C=O) groups excluding carboxylic acids is 2. The van der Waals surface area contributed by atoms with Crippen LogP contribution in [0.5, 0.6) is 0 Å². The van der Waals surface area contributed by atoms with E-state index in [9.17, 15) is 14.4 Å². The van der Waals surface area contributed by atoms with Gasteiger partial charge in [-0.3, -0.25) is 9.59 Å². The highest BCUT2D eigenvalue weighted by Gasteiger charge is 2.27. The van der Waals surface area contributed by atoms with Crippen molar-refractivity contribution in [3.8, 4) is 0 Å². The summed E-state index contributed by atoms with van der Waals surface area (Å²) in [4.78, 5) is 38.6. The fraction of sp³-hybridized carbons (Fsp3) is 0.471. The van der Waals surface area contributed by atoms with Crippen LogP contribution in [0.2, 0.25) is 0 Å². The van der Waals surface area contributed by atoms with Crippen LogP contribution in [0.4, 0.5) is 4.79 Å². The monoisotopic (exact) mass is 349 g/mol. The van der Waals surface area contributed by atoms with E-state index in [0.29, 0.717) is 32.7 Å². The van der Waals surface area contributed by atoms with E-state index in [1.165, 1.54) is 7.05 Å². The van der Waals surface area contributed by atoms with E-state index in [2.05, 4.69) is 5.32 Å². The molecule has 1 fully saturated rings. The molecule has 0 aromatic heterocycles. The molecular formula is C17H23N3O5. The van der Waals surface area contributed by atoms with Gasteiger partial charge >= 0.3 is 12.0 Å². The maximum absolute atomic E-state index is 12.6. The molecule has 3 amide bonds. The van der Waals surface area contributed by atoms with Gasteiger partial charge in [-0.2, -0.15) is 0 Å². The minimum absolute atomic E-state index is 0.291. The minimum atomic E-state index is -1.10. The van der Waals surface area contributed by atoms with Gasteiger partial charge in [0.15, 0.2) is 0 Å². The number of aliphatic carboxylic acids is 1. The van der Waals surface area contributed by atoms with Crippen molar-refractivity contribution < 1.29 is 24.2 Å². The fourth-order valence-electron chi connectivity index (χ4n) is 2.60. The number of amides is 3. The van der Waals surface area contributed by atoms with Gasteiger partial charge in [0.05, 0.1) is 13.2 Å². The maximum Gasteiger partial charge on any atom is 0.323 e. The molecule has 1 aromatic carbocycles. The lowest BCUT2D eigenvalue weighted by molar-refractivity contribution is -0.144. The molecule has 0 unspecified atom stereocenters. The van der Waals surface area contributed by atoms with Gasteiger partial charge in [0.1, 0.15) is 12.6 Å². The number of nitrogens with zero attached hydrogens (tertiary/aromatic N) is 2. The first-order valence-corrected chi connectivity index (χ1v) is 8.11. The smallest absolute Gasteiger partial charge is 0.323 e. The summed E-state index contributed by atoms with van der Waals surface area (Å²) in [7, 11) is 1.41. The number of benzene rings is 1. The van der Waals surface area contributed by atoms with Gasteiger partial charge in [0.2, 0.25) is 5.91 Å². The van der Waals surface area contributed by atoms with Crippen LogP contribution < -0.4 is 5.32 Å². The molecule has 1 aromatic rings. The molecule has 8 heteroatoms. The number of hydrogen-bond acceptors (Lipinski definition) is 4. The summed E-state index contributed by atoms with van der Waals surface area (Å²) >= 11 is 0. The predicted octanol–water partition coefficient (Wildman–Crippen LogP) is 0.183. The largest absolute Gasteiger partial charge is 0.480 e. The number of carboxylic acid groups (broad SMARTS) is 1. The molecule has 2 rings (SSSR count). The highest BCUT2D eigenvalue weighted by molar-refractivity contribution is 5.89. The highest BCUT2D eigenvalue weighted by Crippen LogP contribution is 2.07. The Balaban J connectivity index is 2.08. The topological polar surface area (TPSA) is 99.2 Å². The van der Waals surface area contributed by atoms with Crippen molar-refractivity contribution in [2.24, 2.45) is 0 Å². The average Bonchev–Trinajstić information content (AvgIpc) is 2.61.